The maximum atomic E-state index is 13.1. The van der Waals surface area contributed by atoms with E-state index in [2.05, 4.69) is 5.32 Å². The summed E-state index contributed by atoms with van der Waals surface area (Å²) in [5.41, 5.74) is -0.491. The molecule has 0 aromatic carbocycles. The van der Waals surface area contributed by atoms with Gasteiger partial charge in [-0.3, -0.25) is 4.79 Å². The van der Waals surface area contributed by atoms with Crippen LogP contribution in [-0.2, 0) is 14.3 Å². The van der Waals surface area contributed by atoms with Crippen molar-refractivity contribution in [3.63, 3.8) is 0 Å². The van der Waals surface area contributed by atoms with Crippen molar-refractivity contribution in [1.29, 1.82) is 0 Å². The van der Waals surface area contributed by atoms with Crippen molar-refractivity contribution in [1.82, 2.24) is 10.2 Å². The number of carboxylic acids is 1. The molecule has 0 rings (SSSR count). The molecule has 0 spiro atoms. The predicted octanol–water partition coefficient (Wildman–Crippen LogP) is 3.44. The molecule has 0 radical (unpaired) electrons. The number of carboxylic acid groups (broad SMARTS) is 1. The fourth-order valence-electron chi connectivity index (χ4n) is 2.56. The van der Waals surface area contributed by atoms with E-state index in [1.54, 1.807) is 33.9 Å². The topological polar surface area (TPSA) is 95.9 Å². The molecular formula is C20H36N2O5. The fraction of sp³-hybridized carbons (Fsp3) is 0.750. The van der Waals surface area contributed by atoms with Gasteiger partial charge in [-0.25, -0.2) is 9.59 Å². The van der Waals surface area contributed by atoms with Crippen molar-refractivity contribution in [3.8, 4) is 0 Å². The molecule has 0 aliphatic rings. The Morgan fingerprint density at radius 2 is 1.70 bits per heavy atom. The highest BCUT2D eigenvalue weighted by Crippen LogP contribution is 2.18. The minimum Gasteiger partial charge on any atom is -0.478 e. The normalized spacial score (nSPS) is 15.7. The van der Waals surface area contributed by atoms with Gasteiger partial charge < -0.3 is 20.1 Å². The Hall–Kier alpha value is -2.05. The van der Waals surface area contributed by atoms with E-state index in [1.807, 2.05) is 27.7 Å². The first-order valence-electron chi connectivity index (χ1n) is 9.39. The highest BCUT2D eigenvalue weighted by molar-refractivity contribution is 5.88. The molecule has 7 heteroatoms. The first kappa shape index (κ1) is 24.9. The lowest BCUT2D eigenvalue weighted by molar-refractivity contribution is -0.136. The maximum absolute atomic E-state index is 13.1. The lowest BCUT2D eigenvalue weighted by Gasteiger charge is -2.34. The first-order chi connectivity index (χ1) is 12.2. The molecular weight excluding hydrogens is 348 g/mol. The summed E-state index contributed by atoms with van der Waals surface area (Å²) in [6.45, 7) is 14.4. The SMILES string of the molecule is CC[C@@H](C)[C@H](NC(=O)OC(C)(C)C)C(=O)N(C)[C@H](/C=C(\C)C(=O)O)C(C)C. The van der Waals surface area contributed by atoms with Crippen molar-refractivity contribution in [2.24, 2.45) is 11.8 Å². The lowest BCUT2D eigenvalue weighted by Crippen LogP contribution is -2.54. The van der Waals surface area contributed by atoms with E-state index in [9.17, 15) is 14.4 Å². The molecule has 0 bridgehead atoms. The number of carbonyl (C=O) groups is 3. The molecule has 0 aromatic heterocycles. The standard InChI is InChI=1S/C20H36N2O5/c1-10-13(4)16(21-19(26)27-20(6,7)8)17(23)22(9)15(12(2)3)11-14(5)18(24)25/h11-13,15-16H,10H2,1-9H3,(H,21,26)(H,24,25)/b14-11+/t13-,15-,16+/m1/s1. The Kier molecular flexibility index (Phi) is 9.54. The van der Waals surface area contributed by atoms with E-state index in [-0.39, 0.29) is 23.3 Å². The zero-order valence-electron chi connectivity index (χ0n) is 18.1. The quantitative estimate of drug-likeness (QED) is 0.625. The number of likely N-dealkylation sites (N-methyl/N-ethyl adjacent to an activating group) is 1. The van der Waals surface area contributed by atoms with E-state index in [4.69, 9.17) is 9.84 Å². The average Bonchev–Trinajstić information content (AvgIpc) is 2.53. The monoisotopic (exact) mass is 384 g/mol. The predicted molar refractivity (Wildman–Crippen MR) is 105 cm³/mol. The third-order valence-electron chi connectivity index (χ3n) is 4.39. The Balaban J connectivity index is 5.59. The molecule has 0 heterocycles. The van der Waals surface area contributed by atoms with Crippen LogP contribution >= 0.6 is 0 Å². The van der Waals surface area contributed by atoms with Crippen LogP contribution in [0.3, 0.4) is 0 Å². The zero-order chi connectivity index (χ0) is 21.5. The van der Waals surface area contributed by atoms with Crippen LogP contribution in [0.15, 0.2) is 11.6 Å². The smallest absolute Gasteiger partial charge is 0.408 e. The molecule has 0 aromatic rings. The van der Waals surface area contributed by atoms with Gasteiger partial charge in [-0.15, -0.1) is 0 Å². The van der Waals surface area contributed by atoms with Gasteiger partial charge in [0.05, 0.1) is 6.04 Å². The third kappa shape index (κ3) is 8.45. The highest BCUT2D eigenvalue weighted by atomic mass is 16.6. The maximum Gasteiger partial charge on any atom is 0.408 e. The van der Waals surface area contributed by atoms with Crippen molar-refractivity contribution in [2.45, 2.75) is 79.5 Å². The third-order valence-corrected chi connectivity index (χ3v) is 4.39. The van der Waals surface area contributed by atoms with Gasteiger partial charge in [0, 0.05) is 12.6 Å². The Morgan fingerprint density at radius 3 is 2.07 bits per heavy atom. The largest absolute Gasteiger partial charge is 0.478 e. The van der Waals surface area contributed by atoms with Crippen LogP contribution in [0.4, 0.5) is 4.79 Å². The molecule has 156 valence electrons. The van der Waals surface area contributed by atoms with Crippen LogP contribution in [0.5, 0.6) is 0 Å². The summed E-state index contributed by atoms with van der Waals surface area (Å²) < 4.78 is 5.29. The molecule has 7 nitrogen and oxygen atoms in total. The van der Waals surface area contributed by atoms with E-state index >= 15 is 0 Å². The van der Waals surface area contributed by atoms with Gasteiger partial charge in [0.15, 0.2) is 0 Å². The molecule has 0 unspecified atom stereocenters. The number of ether oxygens (including phenoxy) is 1. The molecule has 0 fully saturated rings. The molecule has 2 amide bonds. The molecule has 2 N–H and O–H groups in total. The zero-order valence-corrected chi connectivity index (χ0v) is 18.1. The van der Waals surface area contributed by atoms with Crippen LogP contribution < -0.4 is 5.32 Å². The number of nitrogens with zero attached hydrogens (tertiary/aromatic N) is 1. The Bertz CT molecular complexity index is 563. The summed E-state index contributed by atoms with van der Waals surface area (Å²) in [7, 11) is 1.63. The number of amides is 2. The number of rotatable bonds is 8. The number of carbonyl (C=O) groups excluding carboxylic acids is 2. The summed E-state index contributed by atoms with van der Waals surface area (Å²) in [5.74, 6) is -1.40. The highest BCUT2D eigenvalue weighted by Gasteiger charge is 2.33. The molecule has 3 atom stereocenters. The van der Waals surface area contributed by atoms with Crippen molar-refractivity contribution >= 4 is 18.0 Å². The molecule has 0 aliphatic heterocycles. The second-order valence-electron chi connectivity index (χ2n) is 8.35. The first-order valence-corrected chi connectivity index (χ1v) is 9.39. The summed E-state index contributed by atoms with van der Waals surface area (Å²) in [6, 6.07) is -1.16. The number of hydrogen-bond acceptors (Lipinski definition) is 4. The van der Waals surface area contributed by atoms with Crippen molar-refractivity contribution in [2.75, 3.05) is 7.05 Å². The van der Waals surface area contributed by atoms with Gasteiger partial charge in [0.25, 0.3) is 0 Å². The van der Waals surface area contributed by atoms with E-state index in [0.717, 1.165) is 0 Å². The van der Waals surface area contributed by atoms with Gasteiger partial charge in [-0.05, 0) is 39.5 Å². The molecule has 0 saturated carbocycles. The van der Waals surface area contributed by atoms with Crippen LogP contribution in [0.2, 0.25) is 0 Å². The number of hydrogen-bond donors (Lipinski definition) is 2. The summed E-state index contributed by atoms with van der Waals surface area (Å²) in [5, 5.41) is 11.8. The summed E-state index contributed by atoms with van der Waals surface area (Å²) in [4.78, 5) is 38.0. The molecule has 0 aliphatic carbocycles. The van der Waals surface area contributed by atoms with Crippen LogP contribution in [0, 0.1) is 11.8 Å². The molecule has 0 saturated heterocycles. The van der Waals surface area contributed by atoms with E-state index in [1.165, 1.54) is 11.8 Å². The lowest BCUT2D eigenvalue weighted by atomic mass is 9.95. The van der Waals surface area contributed by atoms with E-state index < -0.39 is 29.7 Å². The second kappa shape index (κ2) is 10.3. The Morgan fingerprint density at radius 1 is 1.19 bits per heavy atom. The second-order valence-corrected chi connectivity index (χ2v) is 8.35. The van der Waals surface area contributed by atoms with Crippen molar-refractivity contribution < 1.29 is 24.2 Å². The minimum atomic E-state index is -1.02. The summed E-state index contributed by atoms with van der Waals surface area (Å²) >= 11 is 0. The number of aliphatic carboxylic acids is 1. The van der Waals surface area contributed by atoms with Gasteiger partial charge in [-0.2, -0.15) is 0 Å². The van der Waals surface area contributed by atoms with Gasteiger partial charge in [-0.1, -0.05) is 40.2 Å². The van der Waals surface area contributed by atoms with Crippen LogP contribution in [-0.4, -0.2) is 52.7 Å². The van der Waals surface area contributed by atoms with Crippen molar-refractivity contribution in [3.05, 3.63) is 11.6 Å². The minimum absolute atomic E-state index is 0.00681. The Labute approximate surface area is 163 Å². The average molecular weight is 385 g/mol. The fourth-order valence-corrected chi connectivity index (χ4v) is 2.56. The van der Waals surface area contributed by atoms with Gasteiger partial charge >= 0.3 is 12.1 Å². The van der Waals surface area contributed by atoms with E-state index in [0.29, 0.717) is 6.42 Å². The van der Waals surface area contributed by atoms with Crippen LogP contribution in [0.1, 0.15) is 61.8 Å². The number of nitrogens with one attached hydrogen (secondary N) is 1. The van der Waals surface area contributed by atoms with Gasteiger partial charge in [0.2, 0.25) is 5.91 Å². The number of alkyl carbamates (subject to hydrolysis) is 1. The van der Waals surface area contributed by atoms with Crippen LogP contribution in [0.25, 0.3) is 0 Å². The molecule has 27 heavy (non-hydrogen) atoms. The summed E-state index contributed by atoms with van der Waals surface area (Å²) in [6.07, 6.45) is 1.62. The van der Waals surface area contributed by atoms with Gasteiger partial charge in [0.1, 0.15) is 11.6 Å².